The number of halogens is 3. The first kappa shape index (κ1) is 14.5. The lowest BCUT2D eigenvalue weighted by Crippen LogP contribution is -2.30. The van der Waals surface area contributed by atoms with Crippen LogP contribution in [0.1, 0.15) is 13.3 Å². The summed E-state index contributed by atoms with van der Waals surface area (Å²) in [5, 5.41) is 0. The molecule has 0 bridgehead atoms. The van der Waals surface area contributed by atoms with E-state index in [1.807, 2.05) is 6.92 Å². The number of ether oxygens (including phenoxy) is 1. The highest BCUT2D eigenvalue weighted by atomic mass is 19.4. The topological polar surface area (TPSA) is 38.5 Å². The Balaban J connectivity index is 2.83. The number of rotatable bonds is 5. The van der Waals surface area contributed by atoms with Crippen molar-refractivity contribution in [3.8, 4) is 5.75 Å². The van der Waals surface area contributed by atoms with Gasteiger partial charge in [0.2, 0.25) is 0 Å². The van der Waals surface area contributed by atoms with E-state index < -0.39 is 12.7 Å². The highest BCUT2D eigenvalue weighted by Crippen LogP contribution is 2.29. The number of nitrogens with zero attached hydrogens (tertiary/aromatic N) is 1. The minimum absolute atomic E-state index is 0.420. The Morgan fingerprint density at radius 1 is 1.33 bits per heavy atom. The quantitative estimate of drug-likeness (QED) is 0.829. The zero-order chi connectivity index (χ0) is 13.8. The van der Waals surface area contributed by atoms with E-state index in [0.29, 0.717) is 23.7 Å². The fourth-order valence-corrected chi connectivity index (χ4v) is 1.46. The van der Waals surface area contributed by atoms with Gasteiger partial charge >= 0.3 is 6.18 Å². The first-order valence-electron chi connectivity index (χ1n) is 5.63. The Morgan fingerprint density at radius 2 is 2.00 bits per heavy atom. The van der Waals surface area contributed by atoms with Crippen LogP contribution in [0.2, 0.25) is 0 Å². The third-order valence-corrected chi connectivity index (χ3v) is 2.32. The lowest BCUT2D eigenvalue weighted by Gasteiger charge is -2.22. The van der Waals surface area contributed by atoms with Gasteiger partial charge in [0, 0.05) is 18.8 Å². The molecular formula is C12H17F3N2O. The molecule has 0 radical (unpaired) electrons. The molecule has 0 amide bonds. The van der Waals surface area contributed by atoms with Crippen LogP contribution in [0.4, 0.5) is 24.5 Å². The van der Waals surface area contributed by atoms with Gasteiger partial charge in [-0.3, -0.25) is 0 Å². The van der Waals surface area contributed by atoms with Crippen molar-refractivity contribution in [2.45, 2.75) is 19.5 Å². The number of anilines is 2. The minimum atomic E-state index is -4.24. The van der Waals surface area contributed by atoms with Gasteiger partial charge in [0.25, 0.3) is 0 Å². The van der Waals surface area contributed by atoms with Crippen LogP contribution in [0.5, 0.6) is 5.75 Å². The molecule has 0 aliphatic heterocycles. The molecule has 0 unspecified atom stereocenters. The molecule has 0 fully saturated rings. The van der Waals surface area contributed by atoms with Crippen LogP contribution in [0.25, 0.3) is 0 Å². The van der Waals surface area contributed by atoms with Crippen molar-refractivity contribution >= 4 is 11.4 Å². The maximum Gasteiger partial charge on any atom is 0.405 e. The van der Waals surface area contributed by atoms with Gasteiger partial charge < -0.3 is 15.4 Å². The summed E-state index contributed by atoms with van der Waals surface area (Å²) in [4.78, 5) is 1.11. The largest absolute Gasteiger partial charge is 0.491 e. The number of hydrogen-bond donors (Lipinski definition) is 1. The van der Waals surface area contributed by atoms with Gasteiger partial charge in [-0.1, -0.05) is 6.92 Å². The molecule has 102 valence electrons. The zero-order valence-electron chi connectivity index (χ0n) is 10.4. The number of benzene rings is 1. The monoisotopic (exact) mass is 262 g/mol. The molecule has 3 nitrogen and oxygen atoms in total. The number of nitrogens with two attached hydrogens (primary N) is 1. The highest BCUT2D eigenvalue weighted by molar-refractivity contribution is 5.62. The van der Waals surface area contributed by atoms with Gasteiger partial charge in [-0.05, 0) is 18.6 Å². The molecule has 2 N–H and O–H groups in total. The molecule has 18 heavy (non-hydrogen) atoms. The average molecular weight is 262 g/mol. The third-order valence-electron chi connectivity index (χ3n) is 2.32. The Labute approximate surface area is 104 Å². The van der Waals surface area contributed by atoms with Gasteiger partial charge in [-0.25, -0.2) is 0 Å². The Hall–Kier alpha value is -1.59. The van der Waals surface area contributed by atoms with Crippen molar-refractivity contribution in [1.82, 2.24) is 0 Å². The second kappa shape index (κ2) is 5.84. The van der Waals surface area contributed by atoms with E-state index in [9.17, 15) is 13.2 Å². The molecule has 1 aromatic rings. The van der Waals surface area contributed by atoms with E-state index in [2.05, 4.69) is 0 Å². The first-order chi connectivity index (χ1) is 8.33. The molecular weight excluding hydrogens is 245 g/mol. The van der Waals surface area contributed by atoms with Crippen LogP contribution >= 0.6 is 0 Å². The van der Waals surface area contributed by atoms with E-state index in [1.165, 1.54) is 13.1 Å². The lowest BCUT2D eigenvalue weighted by molar-refractivity contribution is -0.119. The van der Waals surface area contributed by atoms with E-state index in [1.54, 1.807) is 12.1 Å². The zero-order valence-corrected chi connectivity index (χ0v) is 10.4. The Kier molecular flexibility index (Phi) is 4.69. The van der Waals surface area contributed by atoms with Gasteiger partial charge in [-0.15, -0.1) is 0 Å². The standard InChI is InChI=1S/C12H17F3N2O/c1-3-6-18-11-7-9(4-5-10(11)16)17(2)8-12(13,14)15/h4-5,7H,3,6,8,16H2,1-2H3. The molecule has 0 aliphatic carbocycles. The van der Waals surface area contributed by atoms with Gasteiger partial charge in [0.15, 0.2) is 0 Å². The van der Waals surface area contributed by atoms with Crippen molar-refractivity contribution < 1.29 is 17.9 Å². The van der Waals surface area contributed by atoms with E-state index >= 15 is 0 Å². The van der Waals surface area contributed by atoms with E-state index in [4.69, 9.17) is 10.5 Å². The summed E-state index contributed by atoms with van der Waals surface area (Å²) in [7, 11) is 1.38. The molecule has 0 aromatic heterocycles. The van der Waals surface area contributed by atoms with E-state index in [0.717, 1.165) is 11.3 Å². The van der Waals surface area contributed by atoms with Crippen molar-refractivity contribution in [2.75, 3.05) is 30.8 Å². The predicted molar refractivity (Wildman–Crippen MR) is 66.0 cm³/mol. The molecule has 1 rings (SSSR count). The van der Waals surface area contributed by atoms with Crippen LogP contribution in [-0.2, 0) is 0 Å². The van der Waals surface area contributed by atoms with Gasteiger partial charge in [0.1, 0.15) is 12.3 Å². The van der Waals surface area contributed by atoms with E-state index in [-0.39, 0.29) is 0 Å². The normalized spacial score (nSPS) is 11.4. The molecule has 6 heteroatoms. The molecule has 1 aromatic carbocycles. The maximum atomic E-state index is 12.3. The van der Waals surface area contributed by atoms with Crippen LogP contribution < -0.4 is 15.4 Å². The fourth-order valence-electron chi connectivity index (χ4n) is 1.46. The molecule has 0 atom stereocenters. The molecule has 0 heterocycles. The molecule has 0 saturated carbocycles. The number of alkyl halides is 3. The summed E-state index contributed by atoms with van der Waals surface area (Å²) in [6.45, 7) is 1.41. The predicted octanol–water partition coefficient (Wildman–Crippen LogP) is 3.06. The Morgan fingerprint density at radius 3 is 2.56 bits per heavy atom. The van der Waals surface area contributed by atoms with Crippen molar-refractivity contribution in [1.29, 1.82) is 0 Å². The smallest absolute Gasteiger partial charge is 0.405 e. The molecule has 0 saturated heterocycles. The average Bonchev–Trinajstić information content (AvgIpc) is 2.25. The molecule has 0 spiro atoms. The van der Waals surface area contributed by atoms with Crippen LogP contribution in [-0.4, -0.2) is 26.4 Å². The summed E-state index contributed by atoms with van der Waals surface area (Å²) in [6, 6.07) is 4.61. The minimum Gasteiger partial charge on any atom is -0.491 e. The van der Waals surface area contributed by atoms with Gasteiger partial charge in [-0.2, -0.15) is 13.2 Å². The highest BCUT2D eigenvalue weighted by Gasteiger charge is 2.29. The van der Waals surface area contributed by atoms with Crippen LogP contribution in [0, 0.1) is 0 Å². The summed E-state index contributed by atoms with van der Waals surface area (Å²) >= 11 is 0. The van der Waals surface area contributed by atoms with Crippen molar-refractivity contribution in [3.05, 3.63) is 18.2 Å². The summed E-state index contributed by atoms with van der Waals surface area (Å²) in [6.07, 6.45) is -3.43. The lowest BCUT2D eigenvalue weighted by atomic mass is 10.2. The first-order valence-corrected chi connectivity index (χ1v) is 5.63. The second-order valence-corrected chi connectivity index (χ2v) is 4.04. The number of hydrogen-bond acceptors (Lipinski definition) is 3. The summed E-state index contributed by atoms with van der Waals surface area (Å²) in [5.41, 5.74) is 6.54. The Bertz CT molecular complexity index is 393. The van der Waals surface area contributed by atoms with Crippen LogP contribution in [0.15, 0.2) is 18.2 Å². The van der Waals surface area contributed by atoms with Crippen molar-refractivity contribution in [2.24, 2.45) is 0 Å². The SMILES string of the molecule is CCCOc1cc(N(C)CC(F)(F)F)ccc1N. The summed E-state index contributed by atoms with van der Waals surface area (Å²) < 4.78 is 42.2. The van der Waals surface area contributed by atoms with Crippen molar-refractivity contribution in [3.63, 3.8) is 0 Å². The van der Waals surface area contributed by atoms with Gasteiger partial charge in [0.05, 0.1) is 12.3 Å². The maximum absolute atomic E-state index is 12.3. The third kappa shape index (κ3) is 4.35. The summed E-state index contributed by atoms with van der Waals surface area (Å²) in [5.74, 6) is 0.420. The fraction of sp³-hybridized carbons (Fsp3) is 0.500. The number of nitrogen functional groups attached to an aromatic ring is 1. The molecule has 0 aliphatic rings. The second-order valence-electron chi connectivity index (χ2n) is 4.04. The van der Waals surface area contributed by atoms with Crippen LogP contribution in [0.3, 0.4) is 0 Å².